The summed E-state index contributed by atoms with van der Waals surface area (Å²) < 4.78 is 1.83. The van der Waals surface area contributed by atoms with Gasteiger partial charge in [0.05, 0.1) is 23.8 Å². The van der Waals surface area contributed by atoms with E-state index in [0.29, 0.717) is 11.5 Å². The van der Waals surface area contributed by atoms with E-state index in [1.165, 1.54) is 58.2 Å². The average molecular weight is 433 g/mol. The molecule has 1 N–H and O–H groups in total. The van der Waals surface area contributed by atoms with Crippen LogP contribution in [0.1, 0.15) is 51.1 Å². The standard InChI is InChI=1S/C26H36N6/c1-17-6-19-4-5-26(9-17,10-19)16-32-13-20-7-22(8-21(20)14-32)29-25-12-27-24(11-28-25)23-15-31(3)30-18(23)2/h4,11-12,15,17,20-22H,5-10,13-14,16H2,1-3H3,(H,28,29)/t17?,20-,21+,22+,26?. The van der Waals surface area contributed by atoms with Crippen molar-refractivity contribution in [1.29, 1.82) is 0 Å². The normalized spacial score (nSPS) is 34.0. The van der Waals surface area contributed by atoms with E-state index < -0.39 is 0 Å². The summed E-state index contributed by atoms with van der Waals surface area (Å²) in [5, 5.41) is 8.08. The Morgan fingerprint density at radius 3 is 2.66 bits per heavy atom. The number of nitrogens with one attached hydrogen (secondary N) is 1. The number of rotatable bonds is 5. The number of likely N-dealkylation sites (tertiary alicyclic amines) is 1. The first-order valence-electron chi connectivity index (χ1n) is 12.4. The Kier molecular flexibility index (Phi) is 4.90. The zero-order valence-corrected chi connectivity index (χ0v) is 19.7. The molecule has 4 aliphatic rings. The largest absolute Gasteiger partial charge is 0.366 e. The smallest absolute Gasteiger partial charge is 0.144 e. The summed E-state index contributed by atoms with van der Waals surface area (Å²) in [6.07, 6.45) is 16.3. The van der Waals surface area contributed by atoms with Gasteiger partial charge in [0.2, 0.25) is 0 Å². The third kappa shape index (κ3) is 3.76. The number of aryl methyl sites for hydroxylation is 2. The van der Waals surface area contributed by atoms with Gasteiger partial charge < -0.3 is 10.2 Å². The SMILES string of the molecule is Cc1nn(C)cc1-c1cnc(N[C@H]2C[C@@H]3CN(CC45CC=C(CC(C)C4)C5)C[C@@H]3C2)cn1. The van der Waals surface area contributed by atoms with Crippen LogP contribution >= 0.6 is 0 Å². The van der Waals surface area contributed by atoms with Gasteiger partial charge in [0, 0.05) is 44.5 Å². The quantitative estimate of drug-likeness (QED) is 0.708. The molecule has 3 heterocycles. The van der Waals surface area contributed by atoms with Gasteiger partial charge in [-0.05, 0) is 68.6 Å². The monoisotopic (exact) mass is 432 g/mol. The highest BCUT2D eigenvalue weighted by Gasteiger charge is 2.46. The number of allylic oxidation sites excluding steroid dienone is 2. The molecule has 2 saturated carbocycles. The third-order valence-electron chi connectivity index (χ3n) is 8.50. The maximum absolute atomic E-state index is 4.66. The van der Waals surface area contributed by atoms with Crippen molar-refractivity contribution in [3.63, 3.8) is 0 Å². The second-order valence-corrected chi connectivity index (χ2v) is 11.4. The molecular weight excluding hydrogens is 396 g/mol. The van der Waals surface area contributed by atoms with Gasteiger partial charge in [0.25, 0.3) is 0 Å². The molecule has 6 nitrogen and oxygen atoms in total. The minimum atomic E-state index is 0.528. The average Bonchev–Trinajstić information content (AvgIpc) is 3.45. The summed E-state index contributed by atoms with van der Waals surface area (Å²) in [7, 11) is 1.94. The van der Waals surface area contributed by atoms with Crippen LogP contribution < -0.4 is 5.32 Å². The molecule has 6 heteroatoms. The van der Waals surface area contributed by atoms with Crippen LogP contribution in [0.25, 0.3) is 11.3 Å². The molecule has 2 aromatic heterocycles. The fourth-order valence-corrected chi connectivity index (χ4v) is 7.46. The number of nitrogens with zero attached hydrogens (tertiary/aromatic N) is 5. The third-order valence-corrected chi connectivity index (χ3v) is 8.50. The first-order chi connectivity index (χ1) is 15.4. The Balaban J connectivity index is 1.03. The van der Waals surface area contributed by atoms with Crippen molar-refractivity contribution in [3.8, 4) is 11.3 Å². The Bertz CT molecular complexity index is 1010. The molecule has 3 fully saturated rings. The van der Waals surface area contributed by atoms with Crippen LogP contribution in [0, 0.1) is 30.1 Å². The summed E-state index contributed by atoms with van der Waals surface area (Å²) in [6.45, 7) is 8.37. The van der Waals surface area contributed by atoms with Gasteiger partial charge >= 0.3 is 0 Å². The molecular formula is C26H36N6. The van der Waals surface area contributed by atoms with Gasteiger partial charge in [-0.3, -0.25) is 9.67 Å². The van der Waals surface area contributed by atoms with Gasteiger partial charge in [-0.25, -0.2) is 4.98 Å². The van der Waals surface area contributed by atoms with Crippen molar-refractivity contribution in [2.75, 3.05) is 25.0 Å². The van der Waals surface area contributed by atoms with Crippen LogP contribution in [0.15, 0.2) is 30.2 Å². The zero-order chi connectivity index (χ0) is 21.9. The van der Waals surface area contributed by atoms with Crippen molar-refractivity contribution in [1.82, 2.24) is 24.6 Å². The molecule has 1 aliphatic heterocycles. The molecule has 0 radical (unpaired) electrons. The van der Waals surface area contributed by atoms with Crippen LogP contribution in [-0.4, -0.2) is 50.3 Å². The predicted octanol–water partition coefficient (Wildman–Crippen LogP) is 4.44. The van der Waals surface area contributed by atoms with E-state index in [0.717, 1.165) is 40.5 Å². The molecule has 170 valence electrons. The highest BCUT2D eigenvalue weighted by Crippen LogP contribution is 2.51. The van der Waals surface area contributed by atoms with E-state index in [1.54, 1.807) is 5.57 Å². The van der Waals surface area contributed by atoms with Gasteiger partial charge in [0.1, 0.15) is 5.82 Å². The van der Waals surface area contributed by atoms with E-state index in [2.05, 4.69) is 38.3 Å². The summed E-state index contributed by atoms with van der Waals surface area (Å²) >= 11 is 0. The van der Waals surface area contributed by atoms with Crippen molar-refractivity contribution >= 4 is 5.82 Å². The fourth-order valence-electron chi connectivity index (χ4n) is 7.46. The highest BCUT2D eigenvalue weighted by atomic mass is 15.3. The molecule has 1 saturated heterocycles. The van der Waals surface area contributed by atoms with Crippen molar-refractivity contribution in [2.24, 2.45) is 30.2 Å². The summed E-state index contributed by atoms with van der Waals surface area (Å²) in [6, 6.07) is 0.528. The molecule has 0 amide bonds. The van der Waals surface area contributed by atoms with E-state index >= 15 is 0 Å². The molecule has 6 rings (SSSR count). The van der Waals surface area contributed by atoms with Gasteiger partial charge in [-0.2, -0.15) is 5.10 Å². The molecule has 0 spiro atoms. The van der Waals surface area contributed by atoms with Crippen LogP contribution in [0.3, 0.4) is 0 Å². The minimum Gasteiger partial charge on any atom is -0.366 e. The summed E-state index contributed by atoms with van der Waals surface area (Å²) in [5.41, 5.74) is 5.24. The van der Waals surface area contributed by atoms with Crippen LogP contribution in [0.4, 0.5) is 5.82 Å². The van der Waals surface area contributed by atoms with E-state index in [9.17, 15) is 0 Å². The van der Waals surface area contributed by atoms with Crippen molar-refractivity contribution in [2.45, 2.75) is 58.4 Å². The lowest BCUT2D eigenvalue weighted by Gasteiger charge is -2.39. The second-order valence-electron chi connectivity index (χ2n) is 11.4. The summed E-state index contributed by atoms with van der Waals surface area (Å²) in [4.78, 5) is 12.1. The molecule has 2 bridgehead atoms. The van der Waals surface area contributed by atoms with Crippen LogP contribution in [0.2, 0.25) is 0 Å². The first kappa shape index (κ1) is 20.4. The van der Waals surface area contributed by atoms with E-state index in [-0.39, 0.29) is 0 Å². The maximum atomic E-state index is 4.66. The number of anilines is 1. The molecule has 2 aromatic rings. The lowest BCUT2D eigenvalue weighted by molar-refractivity contribution is 0.127. The predicted molar refractivity (Wildman–Crippen MR) is 127 cm³/mol. The Hall–Kier alpha value is -2.21. The number of hydrogen-bond donors (Lipinski definition) is 1. The molecule has 32 heavy (non-hydrogen) atoms. The van der Waals surface area contributed by atoms with Crippen LogP contribution in [-0.2, 0) is 7.05 Å². The highest BCUT2D eigenvalue weighted by molar-refractivity contribution is 5.60. The zero-order valence-electron chi connectivity index (χ0n) is 19.7. The van der Waals surface area contributed by atoms with E-state index in [4.69, 9.17) is 0 Å². The first-order valence-corrected chi connectivity index (χ1v) is 12.4. The molecule has 5 atom stereocenters. The van der Waals surface area contributed by atoms with Crippen molar-refractivity contribution in [3.05, 3.63) is 35.9 Å². The number of hydrogen-bond acceptors (Lipinski definition) is 5. The Morgan fingerprint density at radius 1 is 1.16 bits per heavy atom. The Labute approximate surface area is 191 Å². The molecule has 3 aliphatic carbocycles. The summed E-state index contributed by atoms with van der Waals surface area (Å²) in [5.74, 6) is 3.45. The van der Waals surface area contributed by atoms with Gasteiger partial charge in [-0.15, -0.1) is 0 Å². The lowest BCUT2D eigenvalue weighted by atomic mass is 9.71. The number of aromatic nitrogens is 4. The van der Waals surface area contributed by atoms with Gasteiger partial charge in [-0.1, -0.05) is 18.6 Å². The maximum Gasteiger partial charge on any atom is 0.144 e. The number of fused-ring (bicyclic) bond motifs is 3. The van der Waals surface area contributed by atoms with Gasteiger partial charge in [0.15, 0.2) is 0 Å². The fraction of sp³-hybridized carbons (Fsp3) is 0.654. The molecule has 2 unspecified atom stereocenters. The Morgan fingerprint density at radius 2 is 1.97 bits per heavy atom. The van der Waals surface area contributed by atoms with E-state index in [1.807, 2.05) is 37.2 Å². The second kappa shape index (κ2) is 7.68. The molecule has 0 aromatic carbocycles. The lowest BCUT2D eigenvalue weighted by Crippen LogP contribution is -2.38. The van der Waals surface area contributed by atoms with Crippen LogP contribution in [0.5, 0.6) is 0 Å². The van der Waals surface area contributed by atoms with Crippen molar-refractivity contribution < 1.29 is 0 Å². The minimum absolute atomic E-state index is 0.528. The topological polar surface area (TPSA) is 58.9 Å².